The molecular weight excluding hydrogens is 448 g/mol. The Kier molecular flexibility index (Phi) is 6.70. The van der Waals surface area contributed by atoms with E-state index in [2.05, 4.69) is 4.72 Å². The van der Waals surface area contributed by atoms with E-state index in [1.54, 1.807) is 30.3 Å². The van der Waals surface area contributed by atoms with Gasteiger partial charge in [0.1, 0.15) is 11.6 Å². The van der Waals surface area contributed by atoms with E-state index in [4.69, 9.17) is 0 Å². The van der Waals surface area contributed by atoms with Crippen LogP contribution in [0.25, 0.3) is 0 Å². The topological polar surface area (TPSA) is 46.2 Å². The quantitative estimate of drug-likeness (QED) is 0.488. The number of sulfonamides is 1. The normalized spacial score (nSPS) is 13.5. The molecule has 3 nitrogen and oxygen atoms in total. The van der Waals surface area contributed by atoms with E-state index < -0.39 is 10.0 Å². The summed E-state index contributed by atoms with van der Waals surface area (Å²) in [5.41, 5.74) is 3.35. The molecule has 3 aromatic carbocycles. The molecule has 1 N–H and O–H groups in total. The Bertz CT molecular complexity index is 1260. The van der Waals surface area contributed by atoms with Gasteiger partial charge in [0.15, 0.2) is 0 Å². The molecule has 0 radical (unpaired) electrons. The smallest absolute Gasteiger partial charge is 0.211 e. The van der Waals surface area contributed by atoms with Crippen molar-refractivity contribution in [3.63, 3.8) is 0 Å². The molecule has 1 heterocycles. The van der Waals surface area contributed by atoms with Gasteiger partial charge < -0.3 is 0 Å². The minimum atomic E-state index is -3.81. The van der Waals surface area contributed by atoms with Gasteiger partial charge in [-0.3, -0.25) is 0 Å². The van der Waals surface area contributed by atoms with E-state index in [0.29, 0.717) is 5.56 Å². The molecule has 1 aliphatic heterocycles. The summed E-state index contributed by atoms with van der Waals surface area (Å²) in [4.78, 5) is 1.87. The van der Waals surface area contributed by atoms with Crippen LogP contribution in [0.5, 0.6) is 0 Å². The number of halogens is 2. The number of fused-ring (bicyclic) bond motifs is 2. The van der Waals surface area contributed by atoms with Crippen LogP contribution in [-0.4, -0.2) is 15.0 Å². The van der Waals surface area contributed by atoms with E-state index >= 15 is 0 Å². The summed E-state index contributed by atoms with van der Waals surface area (Å²) in [6.45, 7) is 4.03. The van der Waals surface area contributed by atoms with Crippen LogP contribution in [-0.2, 0) is 29.3 Å². The Hall–Kier alpha value is -2.22. The molecule has 0 aliphatic carbocycles. The largest absolute Gasteiger partial charge is 0.240 e. The van der Waals surface area contributed by atoms with Gasteiger partial charge in [-0.05, 0) is 71.7 Å². The molecule has 0 aromatic heterocycles. The average molecular weight is 474 g/mol. The van der Waals surface area contributed by atoms with E-state index in [0.717, 1.165) is 39.3 Å². The fourth-order valence-electron chi connectivity index (χ4n) is 3.92. The molecule has 3 aromatic rings. The van der Waals surface area contributed by atoms with Gasteiger partial charge in [-0.2, -0.15) is 0 Å². The number of hydrogen-bond acceptors (Lipinski definition) is 3. The minimum Gasteiger partial charge on any atom is -0.211 e. The van der Waals surface area contributed by atoms with Crippen LogP contribution in [0.1, 0.15) is 42.0 Å². The zero-order chi connectivity index (χ0) is 22.9. The SMILES string of the molecule is CC(C)c1cc2c(cc1S(=O)(=O)NCCc1ccccc1F)Sc1cc(F)ccc1CC2. The van der Waals surface area contributed by atoms with Crippen molar-refractivity contribution in [2.75, 3.05) is 6.54 Å². The third-order valence-electron chi connectivity index (χ3n) is 5.66. The maximum Gasteiger partial charge on any atom is 0.240 e. The number of aryl methyl sites for hydroxylation is 2. The first-order valence-electron chi connectivity index (χ1n) is 10.6. The molecule has 0 spiro atoms. The maximum atomic E-state index is 13.9. The summed E-state index contributed by atoms with van der Waals surface area (Å²) in [5, 5.41) is 0. The molecule has 0 saturated heterocycles. The molecular formula is C25H25F2NO2S2. The lowest BCUT2D eigenvalue weighted by atomic mass is 9.97. The Labute approximate surface area is 192 Å². The molecule has 32 heavy (non-hydrogen) atoms. The molecule has 0 amide bonds. The van der Waals surface area contributed by atoms with Crippen molar-refractivity contribution in [2.45, 2.75) is 53.7 Å². The van der Waals surface area contributed by atoms with E-state index in [1.165, 1.54) is 30.0 Å². The second kappa shape index (κ2) is 9.33. The number of rotatable bonds is 6. The van der Waals surface area contributed by atoms with E-state index in [1.807, 2.05) is 19.9 Å². The van der Waals surface area contributed by atoms with Crippen LogP contribution < -0.4 is 4.72 Å². The van der Waals surface area contributed by atoms with E-state index in [-0.39, 0.29) is 35.4 Å². The first-order chi connectivity index (χ1) is 15.2. The molecule has 0 saturated carbocycles. The first-order valence-corrected chi connectivity index (χ1v) is 12.9. The Morgan fingerprint density at radius 2 is 1.69 bits per heavy atom. The molecule has 7 heteroatoms. The monoisotopic (exact) mass is 473 g/mol. The Morgan fingerprint density at radius 3 is 2.44 bits per heavy atom. The van der Waals surface area contributed by atoms with Crippen molar-refractivity contribution >= 4 is 21.8 Å². The lowest BCUT2D eigenvalue weighted by Crippen LogP contribution is -2.27. The third kappa shape index (κ3) is 4.90. The van der Waals surface area contributed by atoms with Gasteiger partial charge in [0, 0.05) is 16.3 Å². The highest BCUT2D eigenvalue weighted by atomic mass is 32.2. The van der Waals surface area contributed by atoms with Gasteiger partial charge in [0.05, 0.1) is 4.90 Å². The van der Waals surface area contributed by atoms with Crippen LogP contribution in [0.15, 0.2) is 69.3 Å². The Balaban J connectivity index is 1.65. The van der Waals surface area contributed by atoms with E-state index in [9.17, 15) is 17.2 Å². The van der Waals surface area contributed by atoms with Crippen molar-refractivity contribution in [3.05, 3.63) is 88.5 Å². The molecule has 168 valence electrons. The van der Waals surface area contributed by atoms with Crippen molar-refractivity contribution in [1.29, 1.82) is 0 Å². The molecule has 0 atom stereocenters. The summed E-state index contributed by atoms with van der Waals surface area (Å²) in [6.07, 6.45) is 1.80. The fraction of sp³-hybridized carbons (Fsp3) is 0.280. The average Bonchev–Trinajstić information content (AvgIpc) is 2.92. The summed E-state index contributed by atoms with van der Waals surface area (Å²) in [5.74, 6) is -0.644. The van der Waals surface area contributed by atoms with Crippen molar-refractivity contribution in [1.82, 2.24) is 4.72 Å². The zero-order valence-corrected chi connectivity index (χ0v) is 19.6. The molecule has 0 unspecified atom stereocenters. The first kappa shape index (κ1) is 23.0. The van der Waals surface area contributed by atoms with Gasteiger partial charge in [0.2, 0.25) is 10.0 Å². The lowest BCUT2D eigenvalue weighted by molar-refractivity contribution is 0.575. The van der Waals surface area contributed by atoms with Gasteiger partial charge >= 0.3 is 0 Å². The minimum absolute atomic E-state index is 0.00603. The van der Waals surface area contributed by atoms with Crippen LogP contribution in [0.2, 0.25) is 0 Å². The molecule has 0 fully saturated rings. The molecule has 1 aliphatic rings. The lowest BCUT2D eigenvalue weighted by Gasteiger charge is -2.18. The van der Waals surface area contributed by atoms with Crippen molar-refractivity contribution in [3.8, 4) is 0 Å². The van der Waals surface area contributed by atoms with Gasteiger partial charge in [-0.25, -0.2) is 21.9 Å². The van der Waals surface area contributed by atoms with Gasteiger partial charge in [-0.1, -0.05) is 55.9 Å². The number of benzene rings is 3. The van der Waals surface area contributed by atoms with Crippen molar-refractivity contribution < 1.29 is 17.2 Å². The van der Waals surface area contributed by atoms with Crippen molar-refractivity contribution in [2.24, 2.45) is 0 Å². The third-order valence-corrected chi connectivity index (χ3v) is 8.38. The standard InChI is InChI=1S/C25H25F2NO2S2/c1-16(2)21-13-19-8-7-18-9-10-20(26)14-23(18)31-24(19)15-25(21)32(29,30)28-12-11-17-5-3-4-6-22(17)27/h3-6,9-10,13-16,28H,7-8,11-12H2,1-2H3. The summed E-state index contributed by atoms with van der Waals surface area (Å²) >= 11 is 1.41. The second-order valence-corrected chi connectivity index (χ2v) is 11.1. The molecule has 4 rings (SSSR count). The highest BCUT2D eigenvalue weighted by Crippen LogP contribution is 2.40. The fourth-order valence-corrected chi connectivity index (χ4v) is 6.57. The summed E-state index contributed by atoms with van der Waals surface area (Å²) in [6, 6.07) is 14.8. The summed E-state index contributed by atoms with van der Waals surface area (Å²) < 4.78 is 56.8. The predicted molar refractivity (Wildman–Crippen MR) is 124 cm³/mol. The highest BCUT2D eigenvalue weighted by molar-refractivity contribution is 7.99. The van der Waals surface area contributed by atoms with Gasteiger partial charge in [0.25, 0.3) is 0 Å². The number of hydrogen-bond donors (Lipinski definition) is 1. The molecule has 0 bridgehead atoms. The van der Waals surface area contributed by atoms with Crippen LogP contribution in [0.3, 0.4) is 0 Å². The van der Waals surface area contributed by atoms with Crippen LogP contribution in [0.4, 0.5) is 8.78 Å². The highest BCUT2D eigenvalue weighted by Gasteiger charge is 2.25. The van der Waals surface area contributed by atoms with Gasteiger partial charge in [-0.15, -0.1) is 0 Å². The van der Waals surface area contributed by atoms with Crippen LogP contribution in [0, 0.1) is 11.6 Å². The number of nitrogens with one attached hydrogen (secondary N) is 1. The maximum absolute atomic E-state index is 13.9. The zero-order valence-electron chi connectivity index (χ0n) is 18.0. The second-order valence-electron chi connectivity index (χ2n) is 8.25. The summed E-state index contributed by atoms with van der Waals surface area (Å²) in [7, 11) is -3.81. The predicted octanol–water partition coefficient (Wildman–Crippen LogP) is 5.86. The van der Waals surface area contributed by atoms with Crippen LogP contribution >= 0.6 is 11.8 Å². The Morgan fingerprint density at radius 1 is 0.969 bits per heavy atom.